The first-order chi connectivity index (χ1) is 22.2. The molecule has 12 heteroatoms. The van der Waals surface area contributed by atoms with Crippen LogP contribution in [0.1, 0.15) is 79.3 Å². The number of amidine groups is 1. The van der Waals surface area contributed by atoms with Crippen LogP contribution in [0.5, 0.6) is 0 Å². The number of pyridine rings is 1. The number of fused-ring (bicyclic) bond motifs is 1. The summed E-state index contributed by atoms with van der Waals surface area (Å²) in [5.74, 6) is 0.351. The minimum atomic E-state index is -0.713. The van der Waals surface area contributed by atoms with Gasteiger partial charge in [0.15, 0.2) is 0 Å². The van der Waals surface area contributed by atoms with E-state index in [9.17, 15) is 14.4 Å². The summed E-state index contributed by atoms with van der Waals surface area (Å²) in [7, 11) is 1.86. The Labute approximate surface area is 268 Å². The first-order valence-corrected chi connectivity index (χ1v) is 15.4. The normalized spacial score (nSPS) is 12.1. The number of nitrogens with zero attached hydrogens (tertiary/aromatic N) is 5. The second-order valence-corrected chi connectivity index (χ2v) is 10.7. The molecule has 0 saturated carbocycles. The van der Waals surface area contributed by atoms with Crippen molar-refractivity contribution in [2.45, 2.75) is 52.0 Å². The van der Waals surface area contributed by atoms with Crippen LogP contribution in [0.15, 0.2) is 71.9 Å². The molecule has 4 N–H and O–H groups in total. The van der Waals surface area contributed by atoms with Crippen molar-refractivity contribution in [2.75, 3.05) is 24.7 Å². The Kier molecular flexibility index (Phi) is 12.0. The van der Waals surface area contributed by atoms with Crippen LogP contribution >= 0.6 is 0 Å². The van der Waals surface area contributed by atoms with E-state index >= 15 is 0 Å². The molecular weight excluding hydrogens is 586 g/mol. The smallest absolute Gasteiger partial charge is 0.435 e. The molecule has 2 aromatic heterocycles. The molecule has 0 aliphatic rings. The maximum Gasteiger partial charge on any atom is 0.435 e. The predicted octanol–water partition coefficient (Wildman–Crippen LogP) is 5.04. The second kappa shape index (κ2) is 16.3. The Morgan fingerprint density at radius 1 is 0.978 bits per heavy atom. The Morgan fingerprint density at radius 2 is 1.74 bits per heavy atom. The fourth-order valence-electron chi connectivity index (χ4n) is 4.95. The number of aliphatic imine (C=N–C) groups is 1. The highest BCUT2D eigenvalue weighted by molar-refractivity contribution is 6.07. The van der Waals surface area contributed by atoms with Gasteiger partial charge in [-0.25, -0.2) is 14.8 Å². The zero-order chi connectivity index (χ0) is 33.1. The van der Waals surface area contributed by atoms with E-state index in [1.807, 2.05) is 17.7 Å². The maximum atomic E-state index is 13.7. The number of ether oxygens (including phenoxy) is 2. The van der Waals surface area contributed by atoms with Gasteiger partial charge in [-0.05, 0) is 49.2 Å². The van der Waals surface area contributed by atoms with E-state index < -0.39 is 18.1 Å². The summed E-state index contributed by atoms with van der Waals surface area (Å²) in [5, 5.41) is 0. The van der Waals surface area contributed by atoms with E-state index in [0.29, 0.717) is 34.9 Å². The maximum absolute atomic E-state index is 13.7. The summed E-state index contributed by atoms with van der Waals surface area (Å²) in [6.45, 7) is 4.54. The van der Waals surface area contributed by atoms with Crippen molar-refractivity contribution in [3.8, 4) is 0 Å². The Hall–Kier alpha value is -5.10. The number of benzene rings is 2. The summed E-state index contributed by atoms with van der Waals surface area (Å²) in [6, 6.07) is 17.0. The van der Waals surface area contributed by atoms with Crippen LogP contribution in [-0.2, 0) is 21.3 Å². The molecule has 1 unspecified atom stereocenters. The van der Waals surface area contributed by atoms with Gasteiger partial charge in [-0.3, -0.25) is 14.5 Å². The van der Waals surface area contributed by atoms with E-state index in [0.717, 1.165) is 36.8 Å². The van der Waals surface area contributed by atoms with Gasteiger partial charge in [0, 0.05) is 30.9 Å². The molecule has 242 valence electrons. The molecule has 0 saturated heterocycles. The predicted molar refractivity (Wildman–Crippen MR) is 177 cm³/mol. The Balaban J connectivity index is 1.50. The number of carbonyl (C=O) groups is 3. The van der Waals surface area contributed by atoms with Crippen molar-refractivity contribution in [2.24, 2.45) is 23.5 Å². The van der Waals surface area contributed by atoms with Crippen molar-refractivity contribution >= 4 is 40.7 Å². The van der Waals surface area contributed by atoms with Crippen molar-refractivity contribution in [1.29, 1.82) is 0 Å². The molecule has 0 radical (unpaired) electrons. The first-order valence-electron chi connectivity index (χ1n) is 15.4. The number of imidazole rings is 1. The number of rotatable bonds is 14. The van der Waals surface area contributed by atoms with E-state index in [-0.39, 0.29) is 31.3 Å². The molecule has 2 amide bonds. The number of nitrogens with two attached hydrogens (primary N) is 2. The standard InChI is InChI=1S/C34H41N7O5/c1-4-6-7-10-21-46-34(44)39-31(36)24-14-12-23(13-15-24)30(35)32-38-26-22-25(16-17-27(26)40(32)3)33(43)41(20-18-29(42)45-5-2)28-11-8-9-19-37-28/h8-9,11-17,19,22,30H,4-7,10,18,20-21,35H2,1-3H3,(H2,36,39,44). The highest BCUT2D eigenvalue weighted by atomic mass is 16.5. The van der Waals surface area contributed by atoms with Crippen LogP contribution in [0.2, 0.25) is 0 Å². The van der Waals surface area contributed by atoms with Gasteiger partial charge in [0.1, 0.15) is 17.5 Å². The number of aromatic nitrogens is 3. The van der Waals surface area contributed by atoms with Gasteiger partial charge >= 0.3 is 12.1 Å². The van der Waals surface area contributed by atoms with Crippen LogP contribution < -0.4 is 16.4 Å². The third-order valence-electron chi connectivity index (χ3n) is 7.46. The lowest BCUT2D eigenvalue weighted by Gasteiger charge is -2.21. The lowest BCUT2D eigenvalue weighted by molar-refractivity contribution is -0.142. The molecule has 0 bridgehead atoms. The molecule has 46 heavy (non-hydrogen) atoms. The average Bonchev–Trinajstić information content (AvgIpc) is 3.40. The van der Waals surface area contributed by atoms with Gasteiger partial charge in [-0.1, -0.05) is 56.5 Å². The Morgan fingerprint density at radius 3 is 2.43 bits per heavy atom. The van der Waals surface area contributed by atoms with E-state index in [2.05, 4.69) is 16.9 Å². The van der Waals surface area contributed by atoms with Gasteiger partial charge in [0.25, 0.3) is 5.91 Å². The largest absolute Gasteiger partial charge is 0.466 e. The molecule has 1 atom stereocenters. The third-order valence-corrected chi connectivity index (χ3v) is 7.46. The molecule has 12 nitrogen and oxygen atoms in total. The van der Waals surface area contributed by atoms with E-state index in [4.69, 9.17) is 25.9 Å². The van der Waals surface area contributed by atoms with Crippen LogP contribution in [-0.4, -0.2) is 58.1 Å². The van der Waals surface area contributed by atoms with Crippen LogP contribution in [0.4, 0.5) is 10.6 Å². The number of esters is 1. The molecule has 2 heterocycles. The molecule has 2 aromatic carbocycles. The van der Waals surface area contributed by atoms with Crippen molar-refractivity contribution in [1.82, 2.24) is 14.5 Å². The van der Waals surface area contributed by atoms with Crippen LogP contribution in [0.3, 0.4) is 0 Å². The van der Waals surface area contributed by atoms with Gasteiger partial charge in [0.2, 0.25) is 0 Å². The number of aryl methyl sites for hydroxylation is 1. The quantitative estimate of drug-likeness (QED) is 0.0842. The number of hydrogen-bond acceptors (Lipinski definition) is 8. The Bertz CT molecular complexity index is 1670. The monoisotopic (exact) mass is 627 g/mol. The highest BCUT2D eigenvalue weighted by Gasteiger charge is 2.23. The third kappa shape index (κ3) is 8.54. The van der Waals surface area contributed by atoms with Crippen molar-refractivity contribution in [3.05, 3.63) is 89.4 Å². The number of carbonyl (C=O) groups excluding carboxylic acids is 3. The number of anilines is 1. The number of unbranched alkanes of at least 4 members (excludes halogenated alkanes) is 3. The zero-order valence-corrected chi connectivity index (χ0v) is 26.5. The van der Waals surface area contributed by atoms with Crippen molar-refractivity contribution in [3.63, 3.8) is 0 Å². The number of hydrogen-bond donors (Lipinski definition) is 2. The molecule has 4 aromatic rings. The topological polar surface area (TPSA) is 168 Å². The molecular formula is C34H41N7O5. The average molecular weight is 628 g/mol. The molecule has 0 fully saturated rings. The van der Waals surface area contributed by atoms with Gasteiger partial charge in [0.05, 0.1) is 36.7 Å². The SMILES string of the molecule is CCCCCCOC(=O)N=C(N)c1ccc(C(N)c2nc3cc(C(=O)N(CCC(=O)OCC)c4ccccn4)ccc3n2C)cc1. The highest BCUT2D eigenvalue weighted by Crippen LogP contribution is 2.25. The van der Waals surface area contributed by atoms with E-state index in [1.54, 1.807) is 67.7 Å². The molecule has 4 rings (SSSR count). The van der Waals surface area contributed by atoms with Gasteiger partial charge < -0.3 is 25.5 Å². The van der Waals surface area contributed by atoms with Crippen molar-refractivity contribution < 1.29 is 23.9 Å². The summed E-state index contributed by atoms with van der Waals surface area (Å²) >= 11 is 0. The number of amides is 2. The van der Waals surface area contributed by atoms with Crippen LogP contribution in [0.25, 0.3) is 11.0 Å². The zero-order valence-electron chi connectivity index (χ0n) is 26.5. The lowest BCUT2D eigenvalue weighted by Crippen LogP contribution is -2.34. The fraction of sp³-hybridized carbons (Fsp3) is 0.353. The fourth-order valence-corrected chi connectivity index (χ4v) is 4.95. The van der Waals surface area contributed by atoms with Gasteiger partial charge in [-0.2, -0.15) is 4.99 Å². The lowest BCUT2D eigenvalue weighted by atomic mass is 10.0. The van der Waals surface area contributed by atoms with Gasteiger partial charge in [-0.15, -0.1) is 0 Å². The molecule has 0 aliphatic carbocycles. The first kappa shape index (κ1) is 33.8. The molecule has 0 aliphatic heterocycles. The summed E-state index contributed by atoms with van der Waals surface area (Å²) < 4.78 is 12.1. The summed E-state index contributed by atoms with van der Waals surface area (Å²) in [6.07, 6.45) is 4.89. The minimum absolute atomic E-state index is 0.0283. The second-order valence-electron chi connectivity index (χ2n) is 10.7. The van der Waals surface area contributed by atoms with E-state index in [1.165, 1.54) is 4.90 Å². The minimum Gasteiger partial charge on any atom is -0.466 e. The summed E-state index contributed by atoms with van der Waals surface area (Å²) in [4.78, 5) is 52.2. The molecule has 0 spiro atoms. The summed E-state index contributed by atoms with van der Waals surface area (Å²) in [5.41, 5.74) is 15.8. The van der Waals surface area contributed by atoms with Crippen LogP contribution in [0, 0.1) is 0 Å².